The summed E-state index contributed by atoms with van der Waals surface area (Å²) < 4.78 is 0. The SMILES string of the molecule is CCC(C)NC(=O)C(C)NCc1ccccc1C. The Hall–Kier alpha value is -1.35. The van der Waals surface area contributed by atoms with E-state index in [-0.39, 0.29) is 18.0 Å². The third kappa shape index (κ3) is 4.49. The highest BCUT2D eigenvalue weighted by molar-refractivity contribution is 5.81. The van der Waals surface area contributed by atoms with Gasteiger partial charge in [0.1, 0.15) is 0 Å². The summed E-state index contributed by atoms with van der Waals surface area (Å²) in [5, 5.41) is 6.24. The van der Waals surface area contributed by atoms with E-state index < -0.39 is 0 Å². The van der Waals surface area contributed by atoms with Crippen molar-refractivity contribution in [3.63, 3.8) is 0 Å². The molecule has 2 unspecified atom stereocenters. The molecule has 0 aliphatic carbocycles. The van der Waals surface area contributed by atoms with Gasteiger partial charge < -0.3 is 10.6 Å². The summed E-state index contributed by atoms with van der Waals surface area (Å²) in [6.07, 6.45) is 0.955. The number of benzene rings is 1. The van der Waals surface area contributed by atoms with Crippen molar-refractivity contribution in [1.29, 1.82) is 0 Å². The molecule has 0 saturated heterocycles. The van der Waals surface area contributed by atoms with Crippen LogP contribution in [0.3, 0.4) is 0 Å². The molecule has 0 heterocycles. The molecule has 1 amide bonds. The van der Waals surface area contributed by atoms with E-state index >= 15 is 0 Å². The zero-order valence-corrected chi connectivity index (χ0v) is 11.8. The molecule has 0 fully saturated rings. The van der Waals surface area contributed by atoms with Crippen LogP contribution in [0.4, 0.5) is 0 Å². The molecule has 0 bridgehead atoms. The molecule has 0 aromatic heterocycles. The Kier molecular flexibility index (Phi) is 5.86. The first-order valence-corrected chi connectivity index (χ1v) is 6.62. The number of carbonyl (C=O) groups excluding carboxylic acids is 1. The minimum Gasteiger partial charge on any atom is -0.352 e. The van der Waals surface area contributed by atoms with Crippen molar-refractivity contribution < 1.29 is 4.79 Å². The molecular weight excluding hydrogens is 224 g/mol. The summed E-state index contributed by atoms with van der Waals surface area (Å²) >= 11 is 0. The number of rotatable bonds is 6. The summed E-state index contributed by atoms with van der Waals surface area (Å²) in [5.41, 5.74) is 2.49. The summed E-state index contributed by atoms with van der Waals surface area (Å²) in [6, 6.07) is 8.28. The summed E-state index contributed by atoms with van der Waals surface area (Å²) in [4.78, 5) is 11.8. The topological polar surface area (TPSA) is 41.1 Å². The Balaban J connectivity index is 2.44. The maximum Gasteiger partial charge on any atom is 0.237 e. The molecule has 2 N–H and O–H groups in total. The van der Waals surface area contributed by atoms with Crippen LogP contribution in [0.15, 0.2) is 24.3 Å². The van der Waals surface area contributed by atoms with Crippen LogP contribution in [-0.4, -0.2) is 18.0 Å². The highest BCUT2D eigenvalue weighted by Crippen LogP contribution is 2.06. The molecule has 1 rings (SSSR count). The lowest BCUT2D eigenvalue weighted by Gasteiger charge is -2.18. The predicted octanol–water partition coefficient (Wildman–Crippen LogP) is 2.39. The Morgan fingerprint density at radius 2 is 1.94 bits per heavy atom. The van der Waals surface area contributed by atoms with Gasteiger partial charge in [0, 0.05) is 12.6 Å². The quantitative estimate of drug-likeness (QED) is 0.811. The third-order valence-electron chi connectivity index (χ3n) is 3.25. The van der Waals surface area contributed by atoms with E-state index in [1.807, 2.05) is 26.0 Å². The molecular formula is C15H24N2O. The zero-order valence-electron chi connectivity index (χ0n) is 11.8. The van der Waals surface area contributed by atoms with Gasteiger partial charge in [0.2, 0.25) is 5.91 Å². The maximum atomic E-state index is 11.8. The van der Waals surface area contributed by atoms with Crippen LogP contribution in [0.5, 0.6) is 0 Å². The molecule has 3 nitrogen and oxygen atoms in total. The van der Waals surface area contributed by atoms with Crippen LogP contribution in [0, 0.1) is 6.92 Å². The molecule has 2 atom stereocenters. The number of nitrogens with one attached hydrogen (secondary N) is 2. The summed E-state index contributed by atoms with van der Waals surface area (Å²) in [6.45, 7) is 8.79. The minimum atomic E-state index is -0.168. The predicted molar refractivity (Wildman–Crippen MR) is 75.4 cm³/mol. The van der Waals surface area contributed by atoms with E-state index in [0.717, 1.165) is 13.0 Å². The third-order valence-corrected chi connectivity index (χ3v) is 3.25. The van der Waals surface area contributed by atoms with Crippen LogP contribution in [0.25, 0.3) is 0 Å². The molecule has 3 heteroatoms. The summed E-state index contributed by atoms with van der Waals surface area (Å²) in [7, 11) is 0. The van der Waals surface area contributed by atoms with Crippen molar-refractivity contribution in [1.82, 2.24) is 10.6 Å². The van der Waals surface area contributed by atoms with Gasteiger partial charge in [0.05, 0.1) is 6.04 Å². The van der Waals surface area contributed by atoms with E-state index in [2.05, 4.69) is 36.6 Å². The van der Waals surface area contributed by atoms with Gasteiger partial charge in [-0.2, -0.15) is 0 Å². The molecule has 1 aromatic carbocycles. The lowest BCUT2D eigenvalue weighted by molar-refractivity contribution is -0.123. The van der Waals surface area contributed by atoms with Gasteiger partial charge in [-0.25, -0.2) is 0 Å². The van der Waals surface area contributed by atoms with Crippen LogP contribution < -0.4 is 10.6 Å². The fraction of sp³-hybridized carbons (Fsp3) is 0.533. The molecule has 100 valence electrons. The molecule has 18 heavy (non-hydrogen) atoms. The van der Waals surface area contributed by atoms with Crippen LogP contribution >= 0.6 is 0 Å². The number of aryl methyl sites for hydroxylation is 1. The molecule has 0 spiro atoms. The highest BCUT2D eigenvalue weighted by Gasteiger charge is 2.13. The fourth-order valence-corrected chi connectivity index (χ4v) is 1.63. The van der Waals surface area contributed by atoms with Gasteiger partial charge >= 0.3 is 0 Å². The maximum absolute atomic E-state index is 11.8. The molecule has 0 radical (unpaired) electrons. The average molecular weight is 248 g/mol. The van der Waals surface area contributed by atoms with E-state index in [1.54, 1.807) is 0 Å². The van der Waals surface area contributed by atoms with Gasteiger partial charge in [0.25, 0.3) is 0 Å². The minimum absolute atomic E-state index is 0.0675. The second-order valence-electron chi connectivity index (χ2n) is 4.85. The number of carbonyl (C=O) groups is 1. The van der Waals surface area contributed by atoms with Crippen molar-refractivity contribution in [2.75, 3.05) is 0 Å². The lowest BCUT2D eigenvalue weighted by Crippen LogP contribution is -2.45. The van der Waals surface area contributed by atoms with Crippen LogP contribution in [0.2, 0.25) is 0 Å². The van der Waals surface area contributed by atoms with E-state index in [4.69, 9.17) is 0 Å². The highest BCUT2D eigenvalue weighted by atomic mass is 16.2. The van der Waals surface area contributed by atoms with Gasteiger partial charge in [0.15, 0.2) is 0 Å². The average Bonchev–Trinajstić information content (AvgIpc) is 2.37. The number of amides is 1. The van der Waals surface area contributed by atoms with Gasteiger partial charge in [-0.15, -0.1) is 0 Å². The van der Waals surface area contributed by atoms with Crippen molar-refractivity contribution in [3.8, 4) is 0 Å². The second-order valence-corrected chi connectivity index (χ2v) is 4.85. The molecule has 0 saturated carbocycles. The first-order valence-electron chi connectivity index (χ1n) is 6.62. The molecule has 0 aliphatic heterocycles. The zero-order chi connectivity index (χ0) is 13.5. The smallest absolute Gasteiger partial charge is 0.237 e. The Bertz CT molecular complexity index is 390. The first kappa shape index (κ1) is 14.7. The first-order chi connectivity index (χ1) is 8.54. The largest absolute Gasteiger partial charge is 0.352 e. The van der Waals surface area contributed by atoms with Crippen molar-refractivity contribution >= 4 is 5.91 Å². The van der Waals surface area contributed by atoms with Crippen LogP contribution in [-0.2, 0) is 11.3 Å². The molecule has 0 aliphatic rings. The Morgan fingerprint density at radius 3 is 2.56 bits per heavy atom. The van der Waals surface area contributed by atoms with Crippen LogP contribution in [0.1, 0.15) is 38.3 Å². The lowest BCUT2D eigenvalue weighted by atomic mass is 10.1. The normalized spacial score (nSPS) is 14.0. The standard InChI is InChI=1S/C15H24N2O/c1-5-12(3)17-15(18)13(4)16-10-14-9-7-6-8-11(14)2/h6-9,12-13,16H,5,10H2,1-4H3,(H,17,18). The fourth-order valence-electron chi connectivity index (χ4n) is 1.63. The summed E-state index contributed by atoms with van der Waals surface area (Å²) in [5.74, 6) is 0.0675. The van der Waals surface area contributed by atoms with Gasteiger partial charge in [-0.05, 0) is 38.3 Å². The van der Waals surface area contributed by atoms with E-state index in [1.165, 1.54) is 11.1 Å². The molecule has 1 aromatic rings. The van der Waals surface area contributed by atoms with Gasteiger partial charge in [-0.3, -0.25) is 4.79 Å². The number of hydrogen-bond acceptors (Lipinski definition) is 2. The number of hydrogen-bond donors (Lipinski definition) is 2. The van der Waals surface area contributed by atoms with Crippen molar-refractivity contribution in [2.24, 2.45) is 0 Å². The monoisotopic (exact) mass is 248 g/mol. The van der Waals surface area contributed by atoms with Crippen molar-refractivity contribution in [2.45, 2.75) is 52.7 Å². The van der Waals surface area contributed by atoms with E-state index in [9.17, 15) is 4.79 Å². The Labute approximate surface area is 110 Å². The van der Waals surface area contributed by atoms with Crippen molar-refractivity contribution in [3.05, 3.63) is 35.4 Å². The van der Waals surface area contributed by atoms with E-state index in [0.29, 0.717) is 0 Å². The van der Waals surface area contributed by atoms with Gasteiger partial charge in [-0.1, -0.05) is 31.2 Å². The second kappa shape index (κ2) is 7.17. The Morgan fingerprint density at radius 1 is 1.28 bits per heavy atom.